The van der Waals surface area contributed by atoms with E-state index in [2.05, 4.69) is 30.8 Å². The van der Waals surface area contributed by atoms with Crippen molar-refractivity contribution < 1.29 is 0 Å². The smallest absolute Gasteiger partial charge is 0.112 e. The fraction of sp³-hybridized carbons (Fsp3) is 0.900. The highest BCUT2D eigenvalue weighted by atomic mass is 32.2. The maximum Gasteiger partial charge on any atom is 0.112 e. The van der Waals surface area contributed by atoms with Crippen LogP contribution < -0.4 is 5.73 Å². The van der Waals surface area contributed by atoms with Gasteiger partial charge in [-0.1, -0.05) is 13.8 Å². The summed E-state index contributed by atoms with van der Waals surface area (Å²) >= 11 is 1.97. The van der Waals surface area contributed by atoms with E-state index in [9.17, 15) is 0 Å². The summed E-state index contributed by atoms with van der Waals surface area (Å²) < 4.78 is 0. The number of nitrogens with two attached hydrogens (primary N) is 1. The van der Waals surface area contributed by atoms with Crippen molar-refractivity contribution in [1.82, 2.24) is 4.90 Å². The third-order valence-electron chi connectivity index (χ3n) is 2.38. The SMILES string of the molecule is CC(C)CN=C(N)C1CSCCN1C. The first-order chi connectivity index (χ1) is 6.61. The topological polar surface area (TPSA) is 41.6 Å². The number of amidine groups is 1. The normalized spacial score (nSPS) is 25.7. The number of hydrogen-bond acceptors (Lipinski definition) is 3. The number of thioether (sulfide) groups is 1. The van der Waals surface area contributed by atoms with Gasteiger partial charge in [0, 0.05) is 24.6 Å². The molecule has 1 rings (SSSR count). The van der Waals surface area contributed by atoms with E-state index >= 15 is 0 Å². The maximum absolute atomic E-state index is 5.98. The zero-order valence-corrected chi connectivity index (χ0v) is 10.2. The first-order valence-electron chi connectivity index (χ1n) is 5.19. The molecule has 2 N–H and O–H groups in total. The van der Waals surface area contributed by atoms with E-state index in [-0.39, 0.29) is 0 Å². The molecule has 4 heteroatoms. The Balaban J connectivity index is 2.48. The van der Waals surface area contributed by atoms with Crippen LogP contribution in [0, 0.1) is 5.92 Å². The maximum atomic E-state index is 5.98. The third-order valence-corrected chi connectivity index (χ3v) is 3.40. The van der Waals surface area contributed by atoms with Gasteiger partial charge in [-0.25, -0.2) is 0 Å². The Bertz CT molecular complexity index is 204. The summed E-state index contributed by atoms with van der Waals surface area (Å²) in [6.45, 7) is 6.29. The number of nitrogens with zero attached hydrogens (tertiary/aromatic N) is 2. The van der Waals surface area contributed by atoms with Crippen LogP contribution >= 0.6 is 11.8 Å². The molecular weight excluding hydrogens is 194 g/mol. The number of likely N-dealkylation sites (N-methyl/N-ethyl adjacent to an activating group) is 1. The quantitative estimate of drug-likeness (QED) is 0.565. The van der Waals surface area contributed by atoms with Crippen molar-refractivity contribution >= 4 is 17.6 Å². The Kier molecular flexibility index (Phi) is 4.75. The summed E-state index contributed by atoms with van der Waals surface area (Å²) in [4.78, 5) is 6.74. The first kappa shape index (κ1) is 11.9. The van der Waals surface area contributed by atoms with Gasteiger partial charge in [0.05, 0.1) is 6.04 Å². The molecule has 1 unspecified atom stereocenters. The van der Waals surface area contributed by atoms with Crippen molar-refractivity contribution in [3.05, 3.63) is 0 Å². The minimum Gasteiger partial charge on any atom is -0.386 e. The molecule has 1 heterocycles. The highest BCUT2D eigenvalue weighted by molar-refractivity contribution is 7.99. The van der Waals surface area contributed by atoms with Gasteiger partial charge in [-0.3, -0.25) is 9.89 Å². The molecule has 1 saturated heterocycles. The van der Waals surface area contributed by atoms with Gasteiger partial charge in [0.1, 0.15) is 5.84 Å². The van der Waals surface area contributed by atoms with E-state index in [0.29, 0.717) is 12.0 Å². The molecular formula is C10H21N3S. The van der Waals surface area contributed by atoms with Crippen molar-refractivity contribution in [3.63, 3.8) is 0 Å². The largest absolute Gasteiger partial charge is 0.386 e. The summed E-state index contributed by atoms with van der Waals surface area (Å²) in [6, 6.07) is 0.354. The summed E-state index contributed by atoms with van der Waals surface area (Å²) in [5.41, 5.74) is 5.98. The predicted octanol–water partition coefficient (Wildman–Crippen LogP) is 1.05. The third kappa shape index (κ3) is 3.50. The van der Waals surface area contributed by atoms with Gasteiger partial charge in [-0.05, 0) is 13.0 Å². The van der Waals surface area contributed by atoms with Gasteiger partial charge in [-0.15, -0.1) is 0 Å². The van der Waals surface area contributed by atoms with Crippen molar-refractivity contribution in [1.29, 1.82) is 0 Å². The van der Waals surface area contributed by atoms with Crippen molar-refractivity contribution in [3.8, 4) is 0 Å². The van der Waals surface area contributed by atoms with Crippen LogP contribution in [0.5, 0.6) is 0 Å². The Labute approximate surface area is 91.1 Å². The monoisotopic (exact) mass is 215 g/mol. The molecule has 14 heavy (non-hydrogen) atoms. The molecule has 0 saturated carbocycles. The molecule has 0 aromatic carbocycles. The van der Waals surface area contributed by atoms with Crippen LogP contribution in [0.4, 0.5) is 0 Å². The minimum atomic E-state index is 0.354. The molecule has 1 atom stereocenters. The molecule has 1 fully saturated rings. The fourth-order valence-electron chi connectivity index (χ4n) is 1.39. The lowest BCUT2D eigenvalue weighted by Gasteiger charge is -2.31. The number of aliphatic imine (C=N–C) groups is 1. The zero-order chi connectivity index (χ0) is 10.6. The molecule has 0 aromatic heterocycles. The lowest BCUT2D eigenvalue weighted by Crippen LogP contribution is -2.48. The van der Waals surface area contributed by atoms with E-state index in [1.54, 1.807) is 0 Å². The van der Waals surface area contributed by atoms with Crippen LogP contribution in [0.2, 0.25) is 0 Å². The van der Waals surface area contributed by atoms with Crippen molar-refractivity contribution in [2.75, 3.05) is 31.6 Å². The Hall–Kier alpha value is -0.220. The fourth-order valence-corrected chi connectivity index (χ4v) is 2.62. The van der Waals surface area contributed by atoms with Crippen LogP contribution in [0.25, 0.3) is 0 Å². The Morgan fingerprint density at radius 1 is 1.64 bits per heavy atom. The number of hydrogen-bond donors (Lipinski definition) is 1. The molecule has 0 aromatic rings. The molecule has 0 amide bonds. The Morgan fingerprint density at radius 3 is 2.93 bits per heavy atom. The zero-order valence-electron chi connectivity index (χ0n) is 9.36. The first-order valence-corrected chi connectivity index (χ1v) is 6.34. The minimum absolute atomic E-state index is 0.354. The lowest BCUT2D eigenvalue weighted by atomic mass is 10.2. The van der Waals surface area contributed by atoms with Crippen molar-refractivity contribution in [2.24, 2.45) is 16.6 Å². The van der Waals surface area contributed by atoms with E-state index < -0.39 is 0 Å². The molecule has 82 valence electrons. The second-order valence-electron chi connectivity index (χ2n) is 4.23. The van der Waals surface area contributed by atoms with Crippen LogP contribution in [0.1, 0.15) is 13.8 Å². The van der Waals surface area contributed by atoms with Gasteiger partial charge in [0.2, 0.25) is 0 Å². The molecule has 0 aliphatic carbocycles. The molecule has 0 spiro atoms. The second kappa shape index (κ2) is 5.61. The van der Waals surface area contributed by atoms with Crippen LogP contribution in [0.15, 0.2) is 4.99 Å². The summed E-state index contributed by atoms with van der Waals surface area (Å²) in [7, 11) is 2.13. The van der Waals surface area contributed by atoms with E-state index in [1.165, 1.54) is 5.75 Å². The lowest BCUT2D eigenvalue weighted by molar-refractivity contribution is 0.325. The van der Waals surface area contributed by atoms with Gasteiger partial charge >= 0.3 is 0 Å². The van der Waals surface area contributed by atoms with E-state index in [0.717, 1.165) is 24.7 Å². The molecule has 0 bridgehead atoms. The van der Waals surface area contributed by atoms with Gasteiger partial charge in [0.15, 0.2) is 0 Å². The Morgan fingerprint density at radius 2 is 2.36 bits per heavy atom. The van der Waals surface area contributed by atoms with Gasteiger partial charge < -0.3 is 5.73 Å². The van der Waals surface area contributed by atoms with Crippen LogP contribution in [-0.4, -0.2) is 48.4 Å². The number of rotatable bonds is 3. The highest BCUT2D eigenvalue weighted by Gasteiger charge is 2.22. The van der Waals surface area contributed by atoms with Gasteiger partial charge in [0.25, 0.3) is 0 Å². The summed E-state index contributed by atoms with van der Waals surface area (Å²) in [5, 5.41) is 0. The average Bonchev–Trinajstić information content (AvgIpc) is 2.15. The molecule has 1 aliphatic rings. The summed E-state index contributed by atoms with van der Waals surface area (Å²) in [5.74, 6) is 3.71. The standard InChI is InChI=1S/C10H21N3S/c1-8(2)6-12-10(11)9-7-14-5-4-13(9)3/h8-9H,4-7H2,1-3H3,(H2,11,12). The highest BCUT2D eigenvalue weighted by Crippen LogP contribution is 2.14. The van der Waals surface area contributed by atoms with Crippen LogP contribution in [0.3, 0.4) is 0 Å². The molecule has 1 aliphatic heterocycles. The van der Waals surface area contributed by atoms with E-state index in [1.807, 2.05) is 11.8 Å². The second-order valence-corrected chi connectivity index (χ2v) is 5.38. The molecule has 3 nitrogen and oxygen atoms in total. The van der Waals surface area contributed by atoms with Crippen molar-refractivity contribution in [2.45, 2.75) is 19.9 Å². The van der Waals surface area contributed by atoms with E-state index in [4.69, 9.17) is 5.73 Å². The molecule has 0 radical (unpaired) electrons. The average molecular weight is 215 g/mol. The summed E-state index contributed by atoms with van der Waals surface area (Å²) in [6.07, 6.45) is 0. The van der Waals surface area contributed by atoms with Crippen LogP contribution in [-0.2, 0) is 0 Å². The van der Waals surface area contributed by atoms with Gasteiger partial charge in [-0.2, -0.15) is 11.8 Å². The predicted molar refractivity (Wildman–Crippen MR) is 65.1 cm³/mol.